The third kappa shape index (κ3) is 4.96. The Morgan fingerprint density at radius 3 is 2.21 bits per heavy atom. The molecule has 1 aromatic heterocycles. The molecule has 3 rings (SSSR count). The van der Waals surface area contributed by atoms with Gasteiger partial charge in [0.2, 0.25) is 0 Å². The molecule has 0 radical (unpaired) electrons. The summed E-state index contributed by atoms with van der Waals surface area (Å²) in [5.74, 6) is -0.654. The molecule has 0 bridgehead atoms. The highest BCUT2D eigenvalue weighted by Gasteiger charge is 2.37. The predicted octanol–water partition coefficient (Wildman–Crippen LogP) is 5.66. The molecular weight excluding hydrogens is 428 g/mol. The zero-order valence-corrected chi connectivity index (χ0v) is 21.4. The summed E-state index contributed by atoms with van der Waals surface area (Å²) in [4.78, 5) is 42.2. The van der Waals surface area contributed by atoms with Crippen molar-refractivity contribution in [2.24, 2.45) is 0 Å². The van der Waals surface area contributed by atoms with E-state index in [0.717, 1.165) is 43.4 Å². The molecular formula is C28H38N2O4. The number of benzene rings is 1. The number of hydrogen-bond acceptors (Lipinski definition) is 4. The highest BCUT2D eigenvalue weighted by atomic mass is 16.5. The summed E-state index contributed by atoms with van der Waals surface area (Å²) in [5, 5.41) is 0. The number of amides is 1. The molecule has 1 fully saturated rings. The van der Waals surface area contributed by atoms with Gasteiger partial charge in [-0.05, 0) is 72.1 Å². The van der Waals surface area contributed by atoms with Crippen LogP contribution in [0.25, 0.3) is 0 Å². The molecule has 0 spiro atoms. The minimum Gasteiger partial charge on any atom is -0.461 e. The van der Waals surface area contributed by atoms with Crippen LogP contribution in [0.1, 0.15) is 101 Å². The molecule has 2 aromatic rings. The van der Waals surface area contributed by atoms with Crippen LogP contribution in [0.3, 0.4) is 0 Å². The largest absolute Gasteiger partial charge is 0.461 e. The number of carbonyl (C=O) groups excluding carboxylic acids is 3. The third-order valence-corrected chi connectivity index (χ3v) is 7.10. The second-order valence-corrected chi connectivity index (χ2v) is 9.31. The highest BCUT2D eigenvalue weighted by molar-refractivity contribution is 6.07. The molecule has 1 unspecified atom stereocenters. The average Bonchev–Trinajstić information content (AvgIpc) is 3.09. The maximum Gasteiger partial charge on any atom is 0.355 e. The van der Waals surface area contributed by atoms with Crippen molar-refractivity contribution in [2.45, 2.75) is 92.3 Å². The number of aryl methyl sites for hydroxylation is 1. The van der Waals surface area contributed by atoms with Crippen molar-refractivity contribution in [1.82, 2.24) is 9.47 Å². The van der Waals surface area contributed by atoms with E-state index in [1.165, 1.54) is 0 Å². The number of esters is 1. The number of ether oxygens (including phenoxy) is 1. The highest BCUT2D eigenvalue weighted by Crippen LogP contribution is 2.30. The normalized spacial score (nSPS) is 15.1. The van der Waals surface area contributed by atoms with E-state index in [-0.39, 0.29) is 24.3 Å². The quantitative estimate of drug-likeness (QED) is 0.372. The lowest BCUT2D eigenvalue weighted by molar-refractivity contribution is 0.0485. The van der Waals surface area contributed by atoms with Crippen molar-refractivity contribution in [2.75, 3.05) is 6.61 Å². The van der Waals surface area contributed by atoms with Gasteiger partial charge in [-0.1, -0.05) is 37.0 Å². The monoisotopic (exact) mass is 466 g/mol. The van der Waals surface area contributed by atoms with Crippen LogP contribution < -0.4 is 0 Å². The average molecular weight is 467 g/mol. The number of ketones is 1. The Hall–Kier alpha value is -2.89. The Labute approximate surface area is 203 Å². The first-order chi connectivity index (χ1) is 16.2. The standard InChI is InChI=1S/C28H38N2O4/c1-7-29-20(5)24(19(4)25(29)28(33)34-8-2)26(31)21(6)30(23-12-10-9-11-13-23)27(32)22-16-14-18(3)15-17-22/h14-17,21,23H,7-13H2,1-6H3. The maximum atomic E-state index is 14.0. The van der Waals surface area contributed by atoms with Gasteiger partial charge in [0.1, 0.15) is 5.69 Å². The summed E-state index contributed by atoms with van der Waals surface area (Å²) < 4.78 is 7.12. The van der Waals surface area contributed by atoms with Crippen molar-refractivity contribution in [3.05, 3.63) is 57.9 Å². The smallest absolute Gasteiger partial charge is 0.355 e. The Kier molecular flexibility index (Phi) is 8.34. The summed E-state index contributed by atoms with van der Waals surface area (Å²) in [6.07, 6.45) is 5.07. The number of aromatic nitrogens is 1. The van der Waals surface area contributed by atoms with E-state index in [9.17, 15) is 14.4 Å². The van der Waals surface area contributed by atoms with Gasteiger partial charge >= 0.3 is 5.97 Å². The fraction of sp³-hybridized carbons (Fsp3) is 0.536. The minimum atomic E-state index is -0.642. The zero-order chi connectivity index (χ0) is 25.0. The van der Waals surface area contributed by atoms with E-state index >= 15 is 0 Å². The maximum absolute atomic E-state index is 14.0. The second kappa shape index (κ2) is 11.0. The number of nitrogens with zero attached hydrogens (tertiary/aromatic N) is 2. The summed E-state index contributed by atoms with van der Waals surface area (Å²) in [7, 11) is 0. The van der Waals surface area contributed by atoms with E-state index in [4.69, 9.17) is 4.74 Å². The molecule has 184 valence electrons. The fourth-order valence-corrected chi connectivity index (χ4v) is 5.31. The van der Waals surface area contributed by atoms with E-state index in [1.807, 2.05) is 56.5 Å². The van der Waals surface area contributed by atoms with Gasteiger partial charge in [-0.2, -0.15) is 0 Å². The summed E-state index contributed by atoms with van der Waals surface area (Å²) in [6, 6.07) is 6.93. The SMILES string of the molecule is CCOC(=O)c1c(C)c(C(=O)C(C)N(C(=O)c2ccc(C)cc2)C2CCCCC2)c(C)n1CC. The van der Waals surface area contributed by atoms with E-state index in [0.29, 0.717) is 28.9 Å². The van der Waals surface area contributed by atoms with Crippen LogP contribution in [-0.4, -0.2) is 45.8 Å². The van der Waals surface area contributed by atoms with Gasteiger partial charge in [0, 0.05) is 29.4 Å². The molecule has 1 aliphatic carbocycles. The predicted molar refractivity (Wildman–Crippen MR) is 134 cm³/mol. The van der Waals surface area contributed by atoms with Crippen molar-refractivity contribution in [1.29, 1.82) is 0 Å². The molecule has 1 amide bonds. The number of hydrogen-bond donors (Lipinski definition) is 0. The molecule has 1 aliphatic rings. The Balaban J connectivity index is 2.03. The number of Topliss-reactive ketones (excluding diaryl/α,β-unsaturated/α-hetero) is 1. The molecule has 34 heavy (non-hydrogen) atoms. The molecule has 6 nitrogen and oxygen atoms in total. The second-order valence-electron chi connectivity index (χ2n) is 9.31. The molecule has 0 N–H and O–H groups in total. The van der Waals surface area contributed by atoms with Crippen LogP contribution in [0.5, 0.6) is 0 Å². The van der Waals surface area contributed by atoms with Gasteiger partial charge < -0.3 is 14.2 Å². The molecule has 1 heterocycles. The molecule has 6 heteroatoms. The molecule has 1 saturated carbocycles. The van der Waals surface area contributed by atoms with Crippen LogP contribution in [0.15, 0.2) is 24.3 Å². The Morgan fingerprint density at radius 2 is 1.65 bits per heavy atom. The first-order valence-corrected chi connectivity index (χ1v) is 12.5. The third-order valence-electron chi connectivity index (χ3n) is 7.10. The molecule has 0 saturated heterocycles. The van der Waals surface area contributed by atoms with Gasteiger partial charge in [0.25, 0.3) is 5.91 Å². The first kappa shape index (κ1) is 25.7. The Bertz CT molecular complexity index is 1050. The van der Waals surface area contributed by atoms with Crippen LogP contribution in [0.2, 0.25) is 0 Å². The number of carbonyl (C=O) groups is 3. The topological polar surface area (TPSA) is 68.6 Å². The van der Waals surface area contributed by atoms with Gasteiger partial charge in [-0.25, -0.2) is 4.79 Å². The lowest BCUT2D eigenvalue weighted by atomic mass is 9.90. The zero-order valence-electron chi connectivity index (χ0n) is 21.4. The van der Waals surface area contributed by atoms with Crippen LogP contribution in [-0.2, 0) is 11.3 Å². The van der Waals surface area contributed by atoms with Crippen molar-refractivity contribution >= 4 is 17.7 Å². The first-order valence-electron chi connectivity index (χ1n) is 12.5. The lowest BCUT2D eigenvalue weighted by Gasteiger charge is -2.38. The van der Waals surface area contributed by atoms with Crippen LogP contribution >= 0.6 is 0 Å². The van der Waals surface area contributed by atoms with E-state index < -0.39 is 12.0 Å². The Morgan fingerprint density at radius 1 is 1.03 bits per heavy atom. The number of rotatable bonds is 8. The van der Waals surface area contributed by atoms with Gasteiger partial charge in [-0.3, -0.25) is 9.59 Å². The van der Waals surface area contributed by atoms with Gasteiger partial charge in [0.05, 0.1) is 12.6 Å². The van der Waals surface area contributed by atoms with Gasteiger partial charge in [0.15, 0.2) is 5.78 Å². The minimum absolute atomic E-state index is 0.0277. The van der Waals surface area contributed by atoms with E-state index in [2.05, 4.69) is 0 Å². The summed E-state index contributed by atoms with van der Waals surface area (Å²) in [6.45, 7) is 12.0. The van der Waals surface area contributed by atoms with Crippen LogP contribution in [0.4, 0.5) is 0 Å². The van der Waals surface area contributed by atoms with Crippen LogP contribution in [0, 0.1) is 20.8 Å². The molecule has 0 aliphatic heterocycles. The summed E-state index contributed by atoms with van der Waals surface area (Å²) >= 11 is 0. The van der Waals surface area contributed by atoms with Crippen molar-refractivity contribution in [3.63, 3.8) is 0 Å². The van der Waals surface area contributed by atoms with Gasteiger partial charge in [-0.15, -0.1) is 0 Å². The lowest BCUT2D eigenvalue weighted by Crippen LogP contribution is -2.50. The van der Waals surface area contributed by atoms with Crippen molar-refractivity contribution in [3.8, 4) is 0 Å². The summed E-state index contributed by atoms with van der Waals surface area (Å²) in [5.41, 5.74) is 4.00. The van der Waals surface area contributed by atoms with Crippen molar-refractivity contribution < 1.29 is 19.1 Å². The van der Waals surface area contributed by atoms with E-state index in [1.54, 1.807) is 18.7 Å². The fourth-order valence-electron chi connectivity index (χ4n) is 5.31. The molecule has 1 atom stereocenters. The molecule has 1 aromatic carbocycles.